The van der Waals surface area contributed by atoms with Gasteiger partial charge in [0.15, 0.2) is 5.69 Å². The molecule has 12 heavy (non-hydrogen) atoms. The summed E-state index contributed by atoms with van der Waals surface area (Å²) in [4.78, 5) is 7.91. The molecule has 0 bridgehead atoms. The first-order chi connectivity index (χ1) is 5.92. The van der Waals surface area contributed by atoms with Crippen molar-refractivity contribution in [2.75, 3.05) is 0 Å². The lowest BCUT2D eigenvalue weighted by molar-refractivity contribution is 0.812. The molecule has 1 aliphatic heterocycles. The highest BCUT2D eigenvalue weighted by Gasteiger charge is 2.09. The summed E-state index contributed by atoms with van der Waals surface area (Å²) in [5, 5.41) is 11.7. The van der Waals surface area contributed by atoms with Gasteiger partial charge in [-0.25, -0.2) is 9.97 Å². The van der Waals surface area contributed by atoms with Crippen molar-refractivity contribution in [2.24, 2.45) is 0 Å². The Balaban J connectivity index is 2.64. The highest BCUT2D eigenvalue weighted by atomic mass is 14.9. The van der Waals surface area contributed by atoms with E-state index in [0.29, 0.717) is 12.2 Å². The van der Waals surface area contributed by atoms with Crippen molar-refractivity contribution >= 4 is 6.08 Å². The number of hydrogen-bond acceptors (Lipinski definition) is 4. The minimum atomic E-state index is 0.442. The number of nitrogens with one attached hydrogen (secondary N) is 1. The summed E-state index contributed by atoms with van der Waals surface area (Å²) in [6.07, 6.45) is 5.03. The summed E-state index contributed by atoms with van der Waals surface area (Å²) in [6, 6.07) is 2.02. The van der Waals surface area contributed by atoms with Gasteiger partial charge in [-0.05, 0) is 12.3 Å². The van der Waals surface area contributed by atoms with Gasteiger partial charge in [0, 0.05) is 5.56 Å². The van der Waals surface area contributed by atoms with Crippen LogP contribution in [-0.4, -0.2) is 9.97 Å². The third-order valence-electron chi connectivity index (χ3n) is 1.71. The molecule has 1 aliphatic rings. The average Bonchev–Trinajstić information content (AvgIpc) is 2.17. The molecule has 0 fully saturated rings. The fraction of sp³-hybridized carbons (Fsp3) is 0.125. The van der Waals surface area contributed by atoms with E-state index < -0.39 is 0 Å². The van der Waals surface area contributed by atoms with E-state index in [1.807, 2.05) is 12.1 Å². The molecule has 1 aromatic rings. The van der Waals surface area contributed by atoms with Crippen LogP contribution in [0.5, 0.6) is 0 Å². The second-order valence-electron chi connectivity index (χ2n) is 2.41. The molecule has 2 heterocycles. The summed E-state index contributed by atoms with van der Waals surface area (Å²) < 4.78 is 0. The van der Waals surface area contributed by atoms with Crippen molar-refractivity contribution in [3.8, 4) is 6.07 Å². The maximum Gasteiger partial charge on any atom is 0.151 e. The summed E-state index contributed by atoms with van der Waals surface area (Å²) in [5.41, 5.74) is 2.15. The maximum atomic E-state index is 8.70. The van der Waals surface area contributed by atoms with Gasteiger partial charge in [-0.3, -0.25) is 0 Å². The Hall–Kier alpha value is -1.89. The molecule has 0 saturated heterocycles. The molecule has 0 radical (unpaired) electrons. The predicted molar refractivity (Wildman–Crippen MR) is 42.6 cm³/mol. The normalized spacial score (nSPS) is 12.9. The zero-order chi connectivity index (χ0) is 8.39. The monoisotopic (exact) mass is 158 g/mol. The molecule has 0 unspecified atom stereocenters. The van der Waals surface area contributed by atoms with Crippen LogP contribution in [0.1, 0.15) is 17.0 Å². The van der Waals surface area contributed by atoms with Crippen LogP contribution in [0.2, 0.25) is 0 Å². The van der Waals surface area contributed by atoms with Crippen LogP contribution in [0.4, 0.5) is 0 Å². The van der Waals surface area contributed by atoms with Gasteiger partial charge >= 0.3 is 0 Å². The van der Waals surface area contributed by atoms with Crippen molar-refractivity contribution in [3.63, 3.8) is 0 Å². The molecule has 0 aliphatic carbocycles. The third kappa shape index (κ3) is 0.920. The zero-order valence-electron chi connectivity index (χ0n) is 6.28. The van der Waals surface area contributed by atoms with Crippen molar-refractivity contribution in [1.29, 1.82) is 5.26 Å². The molecular formula is C8H6N4. The van der Waals surface area contributed by atoms with E-state index in [0.717, 1.165) is 11.3 Å². The molecule has 58 valence electrons. The quantitative estimate of drug-likeness (QED) is 0.594. The minimum Gasteiger partial charge on any atom is -0.385 e. The Kier molecular flexibility index (Phi) is 1.49. The van der Waals surface area contributed by atoms with E-state index in [4.69, 9.17) is 5.26 Å². The zero-order valence-corrected chi connectivity index (χ0v) is 6.28. The van der Waals surface area contributed by atoms with E-state index >= 15 is 0 Å². The molecule has 4 nitrogen and oxygen atoms in total. The van der Waals surface area contributed by atoms with Gasteiger partial charge in [0.1, 0.15) is 12.4 Å². The standard InChI is InChI=1S/C8H6N4/c9-3-7-6-1-2-10-4-8(6)12-5-11-7/h1-2,5,10H,4H2. The van der Waals surface area contributed by atoms with Crippen LogP contribution in [0.3, 0.4) is 0 Å². The fourth-order valence-corrected chi connectivity index (χ4v) is 1.14. The van der Waals surface area contributed by atoms with Gasteiger partial charge in [0.2, 0.25) is 0 Å². The third-order valence-corrected chi connectivity index (χ3v) is 1.71. The summed E-state index contributed by atoms with van der Waals surface area (Å²) in [7, 11) is 0. The molecule has 1 N–H and O–H groups in total. The van der Waals surface area contributed by atoms with Crippen LogP contribution in [-0.2, 0) is 6.54 Å². The van der Waals surface area contributed by atoms with E-state index in [2.05, 4.69) is 15.3 Å². The van der Waals surface area contributed by atoms with E-state index in [-0.39, 0.29) is 0 Å². The number of hydrogen-bond donors (Lipinski definition) is 1. The molecule has 2 rings (SSSR count). The van der Waals surface area contributed by atoms with Crippen molar-refractivity contribution in [1.82, 2.24) is 15.3 Å². The van der Waals surface area contributed by atoms with Crippen LogP contribution >= 0.6 is 0 Å². The number of nitriles is 1. The van der Waals surface area contributed by atoms with Crippen LogP contribution in [0.15, 0.2) is 12.5 Å². The highest BCUT2D eigenvalue weighted by Crippen LogP contribution is 2.13. The van der Waals surface area contributed by atoms with Crippen molar-refractivity contribution < 1.29 is 0 Å². The molecule has 4 heteroatoms. The fourth-order valence-electron chi connectivity index (χ4n) is 1.14. The maximum absolute atomic E-state index is 8.70. The Morgan fingerprint density at radius 1 is 1.50 bits per heavy atom. The Morgan fingerprint density at radius 2 is 2.42 bits per heavy atom. The van der Waals surface area contributed by atoms with Crippen LogP contribution in [0.25, 0.3) is 6.08 Å². The molecule has 0 saturated carbocycles. The van der Waals surface area contributed by atoms with Gasteiger partial charge in [-0.1, -0.05) is 0 Å². The first-order valence-electron chi connectivity index (χ1n) is 3.56. The minimum absolute atomic E-state index is 0.442. The molecule has 0 atom stereocenters. The molecule has 1 aromatic heterocycles. The van der Waals surface area contributed by atoms with E-state index in [9.17, 15) is 0 Å². The first kappa shape index (κ1) is 6.80. The first-order valence-corrected chi connectivity index (χ1v) is 3.56. The SMILES string of the molecule is N#Cc1ncnc2c1C=CNC2. The second kappa shape index (κ2) is 2.62. The topological polar surface area (TPSA) is 61.6 Å². The number of aromatic nitrogens is 2. The Bertz CT molecular complexity index is 375. The summed E-state index contributed by atoms with van der Waals surface area (Å²) in [5.74, 6) is 0. The predicted octanol–water partition coefficient (Wildman–Crippen LogP) is 0.422. The van der Waals surface area contributed by atoms with E-state index in [1.165, 1.54) is 6.33 Å². The van der Waals surface area contributed by atoms with Crippen LogP contribution < -0.4 is 5.32 Å². The van der Waals surface area contributed by atoms with Crippen LogP contribution in [0, 0.1) is 11.3 Å². The van der Waals surface area contributed by atoms with E-state index in [1.54, 1.807) is 6.20 Å². The van der Waals surface area contributed by atoms with Gasteiger partial charge in [0.05, 0.1) is 12.2 Å². The van der Waals surface area contributed by atoms with Gasteiger partial charge in [-0.15, -0.1) is 0 Å². The number of nitrogens with zero attached hydrogens (tertiary/aromatic N) is 3. The van der Waals surface area contributed by atoms with Gasteiger partial charge < -0.3 is 5.32 Å². The lowest BCUT2D eigenvalue weighted by Crippen LogP contribution is -2.13. The van der Waals surface area contributed by atoms with Gasteiger partial charge in [-0.2, -0.15) is 5.26 Å². The lowest BCUT2D eigenvalue weighted by atomic mass is 10.1. The Labute approximate surface area is 69.6 Å². The molecule has 0 spiro atoms. The smallest absolute Gasteiger partial charge is 0.151 e. The largest absolute Gasteiger partial charge is 0.385 e. The molecular weight excluding hydrogens is 152 g/mol. The molecule has 0 aromatic carbocycles. The highest BCUT2D eigenvalue weighted by molar-refractivity contribution is 5.58. The number of rotatable bonds is 0. The van der Waals surface area contributed by atoms with Gasteiger partial charge in [0.25, 0.3) is 0 Å². The summed E-state index contributed by atoms with van der Waals surface area (Å²) in [6.45, 7) is 0.670. The average molecular weight is 158 g/mol. The van der Waals surface area contributed by atoms with Crippen molar-refractivity contribution in [2.45, 2.75) is 6.54 Å². The van der Waals surface area contributed by atoms with Crippen molar-refractivity contribution in [3.05, 3.63) is 29.5 Å². The molecule has 0 amide bonds. The number of fused-ring (bicyclic) bond motifs is 1. The lowest BCUT2D eigenvalue weighted by Gasteiger charge is -2.10. The Morgan fingerprint density at radius 3 is 3.25 bits per heavy atom. The second-order valence-corrected chi connectivity index (χ2v) is 2.41. The summed E-state index contributed by atoms with van der Waals surface area (Å²) >= 11 is 0.